The maximum Gasteiger partial charge on any atom is 0.270 e. The molecule has 62 valence electrons. The molecule has 1 N–H and O–H groups in total. The van der Waals surface area contributed by atoms with Crippen molar-refractivity contribution in [3.8, 4) is 5.75 Å². The molecule has 3 nitrogen and oxygen atoms in total. The van der Waals surface area contributed by atoms with E-state index in [-0.39, 0.29) is 10.7 Å². The molecule has 1 atom stereocenters. The van der Waals surface area contributed by atoms with Gasteiger partial charge in [-0.15, -0.1) is 0 Å². The van der Waals surface area contributed by atoms with E-state index >= 15 is 0 Å². The predicted octanol–water partition coefficient (Wildman–Crippen LogP) is 1.55. The summed E-state index contributed by atoms with van der Waals surface area (Å²) in [4.78, 5) is 15.7. The van der Waals surface area contributed by atoms with E-state index in [2.05, 4.69) is 21.4 Å². The van der Waals surface area contributed by atoms with Crippen molar-refractivity contribution in [2.45, 2.75) is 4.83 Å². The summed E-state index contributed by atoms with van der Waals surface area (Å²) in [7, 11) is 0. The molecule has 0 aromatic heterocycles. The Balaban J connectivity index is 2.48. The van der Waals surface area contributed by atoms with E-state index < -0.39 is 0 Å². The van der Waals surface area contributed by atoms with Crippen LogP contribution in [-0.2, 0) is 4.79 Å². The minimum atomic E-state index is -0.303. The number of rotatable bonds is 0. The van der Waals surface area contributed by atoms with Crippen LogP contribution in [0.15, 0.2) is 24.3 Å². The summed E-state index contributed by atoms with van der Waals surface area (Å²) in [6, 6.07) is 7.39. The molecule has 1 aromatic rings. The second kappa shape index (κ2) is 2.79. The first-order valence-corrected chi connectivity index (χ1v) is 4.40. The Morgan fingerprint density at radius 1 is 1.42 bits per heavy atom. The SMILES string of the molecule is O=C1NOc2ccccc2C1Br. The Hall–Kier alpha value is -1.03. The van der Waals surface area contributed by atoms with Crippen molar-refractivity contribution < 1.29 is 9.63 Å². The van der Waals surface area contributed by atoms with Crippen molar-refractivity contribution in [2.24, 2.45) is 0 Å². The van der Waals surface area contributed by atoms with Crippen molar-refractivity contribution >= 4 is 21.8 Å². The Morgan fingerprint density at radius 2 is 2.17 bits per heavy atom. The number of hydroxylamine groups is 1. The molecule has 1 amide bonds. The Labute approximate surface area is 77.8 Å². The van der Waals surface area contributed by atoms with Gasteiger partial charge in [-0.1, -0.05) is 34.1 Å². The van der Waals surface area contributed by atoms with E-state index in [0.29, 0.717) is 5.75 Å². The zero-order valence-electron chi connectivity index (χ0n) is 6.08. The van der Waals surface area contributed by atoms with Crippen molar-refractivity contribution in [1.82, 2.24) is 5.48 Å². The van der Waals surface area contributed by atoms with Gasteiger partial charge in [0.2, 0.25) is 0 Å². The molecule has 2 rings (SSSR count). The fraction of sp³-hybridized carbons (Fsp3) is 0.125. The number of benzene rings is 1. The third-order valence-electron chi connectivity index (χ3n) is 1.68. The second-order valence-corrected chi connectivity index (χ2v) is 3.38. The number of hydrogen-bond acceptors (Lipinski definition) is 2. The largest absolute Gasteiger partial charge is 0.379 e. The zero-order chi connectivity index (χ0) is 8.55. The predicted molar refractivity (Wildman–Crippen MR) is 46.9 cm³/mol. The highest BCUT2D eigenvalue weighted by Gasteiger charge is 2.25. The van der Waals surface area contributed by atoms with Gasteiger partial charge in [-0.05, 0) is 6.07 Å². The van der Waals surface area contributed by atoms with Crippen LogP contribution in [0.25, 0.3) is 0 Å². The summed E-state index contributed by atoms with van der Waals surface area (Å²) in [5, 5.41) is 0. The summed E-state index contributed by atoms with van der Waals surface area (Å²) in [6.45, 7) is 0. The van der Waals surface area contributed by atoms with Crippen LogP contribution in [0.1, 0.15) is 10.4 Å². The number of para-hydroxylation sites is 1. The molecule has 0 fully saturated rings. The molecule has 1 aliphatic heterocycles. The van der Waals surface area contributed by atoms with E-state index in [0.717, 1.165) is 5.56 Å². The van der Waals surface area contributed by atoms with Crippen LogP contribution >= 0.6 is 15.9 Å². The topological polar surface area (TPSA) is 38.3 Å². The molecule has 12 heavy (non-hydrogen) atoms. The number of hydrogen-bond donors (Lipinski definition) is 1. The average molecular weight is 228 g/mol. The van der Waals surface area contributed by atoms with Crippen LogP contribution < -0.4 is 10.3 Å². The molecule has 1 unspecified atom stereocenters. The minimum absolute atomic E-state index is 0.172. The van der Waals surface area contributed by atoms with Crippen LogP contribution in [0.3, 0.4) is 0 Å². The van der Waals surface area contributed by atoms with Gasteiger partial charge < -0.3 is 4.84 Å². The molecule has 0 saturated carbocycles. The second-order valence-electron chi connectivity index (χ2n) is 2.47. The molecule has 1 aromatic carbocycles. The zero-order valence-corrected chi connectivity index (χ0v) is 7.67. The molecule has 0 saturated heterocycles. The molecule has 0 radical (unpaired) electrons. The van der Waals surface area contributed by atoms with Crippen LogP contribution in [-0.4, -0.2) is 5.91 Å². The van der Waals surface area contributed by atoms with Crippen molar-refractivity contribution in [3.05, 3.63) is 29.8 Å². The highest BCUT2D eigenvalue weighted by Crippen LogP contribution is 2.33. The van der Waals surface area contributed by atoms with Crippen molar-refractivity contribution in [2.75, 3.05) is 0 Å². The summed E-state index contributed by atoms with van der Waals surface area (Å²) < 4.78 is 0. The number of alkyl halides is 1. The Bertz CT molecular complexity index is 327. The quantitative estimate of drug-likeness (QED) is 0.684. The van der Waals surface area contributed by atoms with Gasteiger partial charge >= 0.3 is 0 Å². The van der Waals surface area contributed by atoms with E-state index in [9.17, 15) is 4.79 Å². The summed E-state index contributed by atoms with van der Waals surface area (Å²) in [5.74, 6) is 0.521. The number of carbonyl (C=O) groups is 1. The number of nitrogens with one attached hydrogen (secondary N) is 1. The molecule has 0 spiro atoms. The fourth-order valence-corrected chi connectivity index (χ4v) is 1.55. The third-order valence-corrected chi connectivity index (χ3v) is 2.59. The number of fused-ring (bicyclic) bond motifs is 1. The van der Waals surface area contributed by atoms with E-state index in [1.54, 1.807) is 0 Å². The number of carbonyl (C=O) groups excluding carboxylic acids is 1. The summed E-state index contributed by atoms with van der Waals surface area (Å²) >= 11 is 3.26. The van der Waals surface area contributed by atoms with Crippen LogP contribution in [0, 0.1) is 0 Å². The van der Waals surface area contributed by atoms with E-state index in [1.807, 2.05) is 24.3 Å². The molecular formula is C8H6BrNO2. The lowest BCUT2D eigenvalue weighted by molar-refractivity contribution is -0.128. The normalized spacial score (nSPS) is 20.8. The molecule has 0 aliphatic carbocycles. The summed E-state index contributed by atoms with van der Waals surface area (Å²) in [6.07, 6.45) is 0. The Morgan fingerprint density at radius 3 is 3.00 bits per heavy atom. The number of halogens is 1. The highest BCUT2D eigenvalue weighted by atomic mass is 79.9. The van der Waals surface area contributed by atoms with Crippen LogP contribution in [0.5, 0.6) is 5.75 Å². The van der Waals surface area contributed by atoms with Gasteiger partial charge in [-0.25, -0.2) is 0 Å². The van der Waals surface area contributed by atoms with Gasteiger partial charge in [0.25, 0.3) is 5.91 Å². The highest BCUT2D eigenvalue weighted by molar-refractivity contribution is 9.09. The third kappa shape index (κ3) is 1.08. The molecular weight excluding hydrogens is 222 g/mol. The van der Waals surface area contributed by atoms with Gasteiger partial charge in [-0.2, -0.15) is 5.48 Å². The van der Waals surface area contributed by atoms with E-state index in [4.69, 9.17) is 4.84 Å². The first kappa shape index (κ1) is 7.61. The van der Waals surface area contributed by atoms with Gasteiger partial charge in [0.05, 0.1) is 0 Å². The smallest absolute Gasteiger partial charge is 0.270 e. The van der Waals surface area contributed by atoms with Crippen LogP contribution in [0.4, 0.5) is 0 Å². The number of amides is 1. The van der Waals surface area contributed by atoms with Crippen molar-refractivity contribution in [1.29, 1.82) is 0 Å². The van der Waals surface area contributed by atoms with Crippen LogP contribution in [0.2, 0.25) is 0 Å². The minimum Gasteiger partial charge on any atom is -0.379 e. The molecule has 4 heteroatoms. The maximum atomic E-state index is 11.1. The van der Waals surface area contributed by atoms with Gasteiger partial charge in [0.1, 0.15) is 4.83 Å². The van der Waals surface area contributed by atoms with Crippen molar-refractivity contribution in [3.63, 3.8) is 0 Å². The maximum absolute atomic E-state index is 11.1. The average Bonchev–Trinajstić information content (AvgIpc) is 2.12. The van der Waals surface area contributed by atoms with Gasteiger partial charge in [-0.3, -0.25) is 4.79 Å². The monoisotopic (exact) mass is 227 g/mol. The Kier molecular flexibility index (Phi) is 1.77. The van der Waals surface area contributed by atoms with Gasteiger partial charge in [0.15, 0.2) is 5.75 Å². The lowest BCUT2D eigenvalue weighted by atomic mass is 10.1. The molecule has 0 bridgehead atoms. The lowest BCUT2D eigenvalue weighted by Crippen LogP contribution is -2.34. The summed E-state index contributed by atoms with van der Waals surface area (Å²) in [5.41, 5.74) is 3.16. The van der Waals surface area contributed by atoms with E-state index in [1.165, 1.54) is 0 Å². The van der Waals surface area contributed by atoms with Gasteiger partial charge in [0, 0.05) is 5.56 Å². The lowest BCUT2D eigenvalue weighted by Gasteiger charge is -2.20. The molecule has 1 heterocycles. The fourth-order valence-electron chi connectivity index (χ4n) is 1.08. The first-order chi connectivity index (χ1) is 5.79. The standard InChI is InChI=1S/C8H6BrNO2/c9-7-5-3-1-2-4-6(5)12-10-8(7)11/h1-4,7H,(H,10,11). The first-order valence-electron chi connectivity index (χ1n) is 3.49. The molecule has 1 aliphatic rings.